The number of sulfonamides is 1. The first-order valence-corrected chi connectivity index (χ1v) is 19.2. The van der Waals surface area contributed by atoms with Crippen molar-refractivity contribution in [3.8, 4) is 6.01 Å². The monoisotopic (exact) mass is 762 g/mol. The molecule has 3 fully saturated rings. The number of halogens is 4. The highest BCUT2D eigenvalue weighted by Crippen LogP contribution is 2.57. The van der Waals surface area contributed by atoms with Crippen LogP contribution in [-0.2, 0) is 31.6 Å². The Morgan fingerprint density at radius 3 is 2.25 bits per heavy atom. The van der Waals surface area contributed by atoms with Gasteiger partial charge in [-0.15, -0.1) is 0 Å². The molecule has 2 atom stereocenters. The highest BCUT2D eigenvalue weighted by molar-refractivity contribution is 7.89. The van der Waals surface area contributed by atoms with Crippen LogP contribution >= 0.6 is 11.6 Å². The number of unbranched alkanes of at least 4 members (excludes halogenated alkanes) is 1. The molecule has 3 N–H and O–H groups in total. The molecule has 52 heavy (non-hydrogen) atoms. The van der Waals surface area contributed by atoms with Gasteiger partial charge in [0.15, 0.2) is 12.4 Å². The third-order valence-electron chi connectivity index (χ3n) is 9.47. The quantitative estimate of drug-likeness (QED) is 0.122. The summed E-state index contributed by atoms with van der Waals surface area (Å²) in [6, 6.07) is 13.5. The lowest BCUT2D eigenvalue weighted by atomic mass is 10.0. The lowest BCUT2D eigenvalue weighted by Crippen LogP contribution is -2.52. The normalized spacial score (nSPS) is 20.4. The molecule has 0 unspecified atom stereocenters. The number of carbonyl (C=O) groups is 3. The van der Waals surface area contributed by atoms with Crippen LogP contribution in [0.25, 0.3) is 0 Å². The third kappa shape index (κ3) is 9.76. The van der Waals surface area contributed by atoms with E-state index in [9.17, 15) is 36.0 Å². The number of anilines is 1. The van der Waals surface area contributed by atoms with Gasteiger partial charge in [0.1, 0.15) is 11.4 Å². The number of hydrogen-bond acceptors (Lipinski definition) is 10. The minimum absolute atomic E-state index is 0.0716. The van der Waals surface area contributed by atoms with E-state index in [1.54, 1.807) is 36.4 Å². The highest BCUT2D eigenvalue weighted by Gasteiger charge is 2.65. The summed E-state index contributed by atoms with van der Waals surface area (Å²) in [6.45, 7) is -1.57. The number of Topliss-reactive ketones (excluding diaryl/α,β-unsaturated/α-hetero) is 1. The van der Waals surface area contributed by atoms with E-state index in [0.717, 1.165) is 37.5 Å². The Kier molecular flexibility index (Phi) is 10.5. The molecule has 0 radical (unpaired) electrons. The predicted octanol–water partition coefficient (Wildman–Crippen LogP) is 5.26. The van der Waals surface area contributed by atoms with E-state index in [1.807, 2.05) is 16.9 Å². The molecule has 3 aliphatic carbocycles. The molecule has 1 aromatic heterocycles. The van der Waals surface area contributed by atoms with E-state index in [4.69, 9.17) is 16.3 Å². The summed E-state index contributed by atoms with van der Waals surface area (Å²) in [5.41, 5.74) is 0.382. The van der Waals surface area contributed by atoms with Gasteiger partial charge < -0.3 is 15.4 Å². The van der Waals surface area contributed by atoms with Crippen molar-refractivity contribution >= 4 is 45.2 Å². The summed E-state index contributed by atoms with van der Waals surface area (Å²) >= 11 is 6.03. The molecular formula is C35H38ClF3N6O6S. The number of ketones is 1. The Labute approximate surface area is 303 Å². The molecule has 278 valence electrons. The van der Waals surface area contributed by atoms with Crippen molar-refractivity contribution in [2.75, 3.05) is 18.2 Å². The zero-order valence-corrected chi connectivity index (χ0v) is 29.8. The maximum absolute atomic E-state index is 12.9. The van der Waals surface area contributed by atoms with Gasteiger partial charge in [-0.1, -0.05) is 48.0 Å². The van der Waals surface area contributed by atoms with Gasteiger partial charge in [0, 0.05) is 29.8 Å². The minimum Gasteiger partial charge on any atom is -0.454 e. The average Bonchev–Trinajstić information content (AvgIpc) is 3.94. The largest absolute Gasteiger partial charge is 0.454 e. The van der Waals surface area contributed by atoms with E-state index in [1.165, 1.54) is 0 Å². The molecule has 2 amide bonds. The van der Waals surface area contributed by atoms with Crippen molar-refractivity contribution in [1.82, 2.24) is 25.0 Å². The maximum atomic E-state index is 12.9. The number of alkyl halides is 3. The first-order valence-electron chi connectivity index (χ1n) is 17.0. The van der Waals surface area contributed by atoms with Gasteiger partial charge in [0.25, 0.3) is 5.91 Å². The van der Waals surface area contributed by atoms with E-state index in [2.05, 4.69) is 25.6 Å². The fourth-order valence-electron chi connectivity index (χ4n) is 6.43. The van der Waals surface area contributed by atoms with E-state index < -0.39 is 45.8 Å². The molecule has 17 heteroatoms. The number of amides is 2. The summed E-state index contributed by atoms with van der Waals surface area (Å²) in [5, 5.41) is 6.59. The topological polar surface area (TPSA) is 169 Å². The minimum atomic E-state index is -4.59. The summed E-state index contributed by atoms with van der Waals surface area (Å²) in [6.07, 6.45) is 1.30. The number of nitrogens with zero attached hydrogens (tertiary/aromatic N) is 3. The Morgan fingerprint density at radius 2 is 1.63 bits per heavy atom. The number of rotatable bonds is 17. The number of nitrogens with one attached hydrogen (secondary N) is 3. The molecule has 2 aromatic carbocycles. The zero-order valence-electron chi connectivity index (χ0n) is 28.3. The van der Waals surface area contributed by atoms with Crippen LogP contribution in [0.1, 0.15) is 85.1 Å². The van der Waals surface area contributed by atoms with Crippen LogP contribution in [0.15, 0.2) is 48.5 Å². The molecule has 3 saturated carbocycles. The highest BCUT2D eigenvalue weighted by atomic mass is 35.5. The van der Waals surface area contributed by atoms with Crippen molar-refractivity contribution in [2.24, 2.45) is 11.8 Å². The summed E-state index contributed by atoms with van der Waals surface area (Å²) in [5.74, 6) is -0.750. The van der Waals surface area contributed by atoms with E-state index >= 15 is 0 Å². The SMILES string of the molecule is CS(=O)(=O)NC(=O)[C@@]1(NC(=O)CCCCC(=O)c2ccc(Cc3nc(NC4(c5ccc(Cl)cc5)CC4)nc(OCC(F)(F)F)n3)cc2)C[C@H]1C1CC1. The van der Waals surface area contributed by atoms with E-state index in [0.29, 0.717) is 41.3 Å². The molecule has 6 rings (SSSR count). The van der Waals surface area contributed by atoms with Crippen LogP contribution in [0.5, 0.6) is 6.01 Å². The lowest BCUT2D eigenvalue weighted by molar-refractivity contribution is -0.154. The number of ether oxygens (including phenoxy) is 1. The van der Waals surface area contributed by atoms with Crippen molar-refractivity contribution in [3.63, 3.8) is 0 Å². The van der Waals surface area contributed by atoms with Crippen LogP contribution in [0.4, 0.5) is 19.1 Å². The number of carbonyl (C=O) groups excluding carboxylic acids is 3. The first-order chi connectivity index (χ1) is 24.5. The predicted molar refractivity (Wildman–Crippen MR) is 184 cm³/mol. The average molecular weight is 763 g/mol. The van der Waals surface area contributed by atoms with Crippen LogP contribution in [0.3, 0.4) is 0 Å². The van der Waals surface area contributed by atoms with Gasteiger partial charge in [0.05, 0.1) is 11.8 Å². The van der Waals surface area contributed by atoms with Gasteiger partial charge in [-0.3, -0.25) is 19.1 Å². The zero-order chi connectivity index (χ0) is 37.3. The second-order valence-electron chi connectivity index (χ2n) is 13.9. The smallest absolute Gasteiger partial charge is 0.422 e. The molecule has 0 bridgehead atoms. The van der Waals surface area contributed by atoms with Crippen molar-refractivity contribution in [3.05, 3.63) is 76.1 Å². The summed E-state index contributed by atoms with van der Waals surface area (Å²) < 4.78 is 68.9. The molecule has 3 aliphatic rings. The molecule has 12 nitrogen and oxygen atoms in total. The van der Waals surface area contributed by atoms with Gasteiger partial charge in [-0.25, -0.2) is 8.42 Å². The Bertz CT molecular complexity index is 1940. The Hall–Kier alpha value is -4.31. The third-order valence-corrected chi connectivity index (χ3v) is 10.3. The van der Waals surface area contributed by atoms with Gasteiger partial charge in [-0.2, -0.15) is 28.1 Å². The molecule has 1 heterocycles. The Balaban J connectivity index is 1.02. The van der Waals surface area contributed by atoms with Crippen LogP contribution in [-0.4, -0.2) is 65.5 Å². The fraction of sp³-hybridized carbons (Fsp3) is 0.486. The molecular weight excluding hydrogens is 725 g/mol. The number of hydrogen-bond donors (Lipinski definition) is 3. The number of benzene rings is 2. The van der Waals surface area contributed by atoms with Gasteiger partial charge in [0.2, 0.25) is 21.9 Å². The maximum Gasteiger partial charge on any atom is 0.422 e. The second kappa shape index (κ2) is 14.6. The molecule has 0 aliphatic heterocycles. The van der Waals surface area contributed by atoms with Gasteiger partial charge >= 0.3 is 12.2 Å². The van der Waals surface area contributed by atoms with E-state index in [-0.39, 0.29) is 48.6 Å². The van der Waals surface area contributed by atoms with Crippen molar-refractivity contribution < 1.29 is 40.7 Å². The van der Waals surface area contributed by atoms with Crippen LogP contribution in [0.2, 0.25) is 5.02 Å². The van der Waals surface area contributed by atoms with Crippen molar-refractivity contribution in [1.29, 1.82) is 0 Å². The number of aromatic nitrogens is 3. The van der Waals surface area contributed by atoms with Crippen LogP contribution in [0, 0.1) is 11.8 Å². The summed E-state index contributed by atoms with van der Waals surface area (Å²) in [7, 11) is -3.77. The van der Waals surface area contributed by atoms with Crippen molar-refractivity contribution in [2.45, 2.75) is 81.5 Å². The summed E-state index contributed by atoms with van der Waals surface area (Å²) in [4.78, 5) is 51.0. The second-order valence-corrected chi connectivity index (χ2v) is 16.0. The molecule has 3 aromatic rings. The fourth-order valence-corrected chi connectivity index (χ4v) is 7.08. The standard InChI is InChI=1S/C35H38ClF3N6O6S/c1-52(49,50)45-30(48)34(19-26(34)22-10-11-22)43-29(47)5-3-2-4-27(46)23-8-6-21(7-9-23)18-28-40-31(42-32(41-28)51-20-35(37,38)39)44-33(16-17-33)24-12-14-25(36)15-13-24/h6-9,12-15,22,26H,2-5,10-11,16-20H2,1H3,(H,43,47)(H,45,48)(H,40,41,42,44)/t26-,34+/m0/s1. The lowest BCUT2D eigenvalue weighted by Gasteiger charge is -2.19. The Morgan fingerprint density at radius 1 is 0.962 bits per heavy atom. The first kappa shape index (κ1) is 37.4. The van der Waals surface area contributed by atoms with Gasteiger partial charge in [-0.05, 0) is 80.0 Å². The molecule has 0 saturated heterocycles. The molecule has 0 spiro atoms. The van der Waals surface area contributed by atoms with Crippen LogP contribution < -0.4 is 20.1 Å².